The second-order valence-electron chi connectivity index (χ2n) is 5.69. The van der Waals surface area contributed by atoms with Crippen LogP contribution in [0.4, 0.5) is 11.4 Å². The van der Waals surface area contributed by atoms with E-state index in [1.807, 2.05) is 30.3 Å². The highest BCUT2D eigenvalue weighted by Gasteiger charge is 2.12. The topological polar surface area (TPSA) is 75.3 Å². The van der Waals surface area contributed by atoms with Crippen LogP contribution >= 0.6 is 38.9 Å². The molecule has 3 aromatic rings. The molecular weight excluding hydrogens is 472 g/mol. The van der Waals surface area contributed by atoms with Crippen LogP contribution in [-0.4, -0.2) is 20.6 Å². The molecule has 3 rings (SSSR count). The summed E-state index contributed by atoms with van der Waals surface area (Å²) in [6.45, 7) is 0. The first kappa shape index (κ1) is 19.9. The molecule has 0 spiro atoms. The van der Waals surface area contributed by atoms with Crippen LogP contribution in [0.3, 0.4) is 0 Å². The van der Waals surface area contributed by atoms with Crippen LogP contribution in [0.1, 0.15) is 9.67 Å². The molecule has 2 N–H and O–H groups in total. The summed E-state index contributed by atoms with van der Waals surface area (Å²) in [4.78, 5) is 14.0. The lowest BCUT2D eigenvalue weighted by Gasteiger charge is -2.09. The highest BCUT2D eigenvalue weighted by molar-refractivity contribution is 9.10. The smallest absolute Gasteiger partial charge is 0.265 e. The Balaban J connectivity index is 1.74. The van der Waals surface area contributed by atoms with Gasteiger partial charge < -0.3 is 5.32 Å². The maximum Gasteiger partial charge on any atom is 0.265 e. The lowest BCUT2D eigenvalue weighted by atomic mass is 10.2. The average Bonchev–Trinajstić information content (AvgIpc) is 3.07. The number of amides is 1. The minimum Gasteiger partial charge on any atom is -0.321 e. The van der Waals surface area contributed by atoms with E-state index in [2.05, 4.69) is 26.0 Å². The number of anilines is 2. The van der Waals surface area contributed by atoms with Crippen molar-refractivity contribution in [2.24, 2.45) is 0 Å². The minimum atomic E-state index is -3.43. The zero-order chi connectivity index (χ0) is 19.6. The molecular formula is C18H14BrClN2O3S2. The largest absolute Gasteiger partial charge is 0.321 e. The summed E-state index contributed by atoms with van der Waals surface area (Å²) in [5, 5.41) is 2.96. The molecule has 0 unspecified atom stereocenters. The molecule has 0 radical (unpaired) electrons. The van der Waals surface area contributed by atoms with Crippen molar-refractivity contribution in [3.05, 3.63) is 69.0 Å². The quantitative estimate of drug-likeness (QED) is 0.504. The molecule has 1 amide bonds. The standard InChI is InChI=1S/C18H14BrClN2O3S2/c1-27(24,25)22-15-7-6-13(10-14(15)20)21-18(23)17-9-8-16(26-17)11-2-4-12(19)5-3-11/h2-10,22H,1H3,(H,21,23). The molecule has 0 aliphatic heterocycles. The number of carbonyl (C=O) groups excluding carboxylic acids is 1. The zero-order valence-corrected chi connectivity index (χ0v) is 18.0. The van der Waals surface area contributed by atoms with E-state index in [-0.39, 0.29) is 16.6 Å². The van der Waals surface area contributed by atoms with E-state index >= 15 is 0 Å². The van der Waals surface area contributed by atoms with Gasteiger partial charge in [-0.1, -0.05) is 39.7 Å². The summed E-state index contributed by atoms with van der Waals surface area (Å²) in [6, 6.07) is 16.1. The molecule has 2 aromatic carbocycles. The predicted octanol–water partition coefficient (Wildman–Crippen LogP) is 5.45. The first-order valence-electron chi connectivity index (χ1n) is 7.66. The highest BCUT2D eigenvalue weighted by atomic mass is 79.9. The van der Waals surface area contributed by atoms with Crippen LogP contribution in [0.15, 0.2) is 59.1 Å². The van der Waals surface area contributed by atoms with Gasteiger partial charge in [-0.15, -0.1) is 11.3 Å². The Hall–Kier alpha value is -1.87. The van der Waals surface area contributed by atoms with E-state index < -0.39 is 10.0 Å². The summed E-state index contributed by atoms with van der Waals surface area (Å²) >= 11 is 10.9. The molecule has 0 bridgehead atoms. The Labute approximate surface area is 174 Å². The Morgan fingerprint density at radius 3 is 2.41 bits per heavy atom. The summed E-state index contributed by atoms with van der Waals surface area (Å²) in [5.74, 6) is -0.261. The molecule has 0 aliphatic carbocycles. The van der Waals surface area contributed by atoms with Gasteiger partial charge in [0.2, 0.25) is 10.0 Å². The monoisotopic (exact) mass is 484 g/mol. The summed E-state index contributed by atoms with van der Waals surface area (Å²) in [7, 11) is -3.43. The van der Waals surface area contributed by atoms with Crippen molar-refractivity contribution < 1.29 is 13.2 Å². The number of hydrogen-bond donors (Lipinski definition) is 2. The minimum absolute atomic E-state index is 0.194. The zero-order valence-electron chi connectivity index (χ0n) is 14.0. The molecule has 140 valence electrons. The SMILES string of the molecule is CS(=O)(=O)Nc1ccc(NC(=O)c2ccc(-c3ccc(Br)cc3)s2)cc1Cl. The molecule has 9 heteroatoms. The molecule has 0 saturated heterocycles. The Morgan fingerprint density at radius 1 is 1.07 bits per heavy atom. The third-order valence-corrected chi connectivity index (χ3v) is 6.05. The first-order chi connectivity index (χ1) is 12.7. The third-order valence-electron chi connectivity index (χ3n) is 3.48. The van der Waals surface area contributed by atoms with Crippen LogP contribution in [0, 0.1) is 0 Å². The number of rotatable bonds is 5. The van der Waals surface area contributed by atoms with Crippen LogP contribution in [0.25, 0.3) is 10.4 Å². The van der Waals surface area contributed by atoms with Crippen LogP contribution in [0.2, 0.25) is 5.02 Å². The number of nitrogens with one attached hydrogen (secondary N) is 2. The number of sulfonamides is 1. The van der Waals surface area contributed by atoms with E-state index in [1.54, 1.807) is 12.1 Å². The maximum absolute atomic E-state index is 12.5. The number of thiophene rings is 1. The molecule has 5 nitrogen and oxygen atoms in total. The van der Waals surface area contributed by atoms with Gasteiger partial charge in [0.1, 0.15) is 0 Å². The third kappa shape index (κ3) is 5.32. The number of halogens is 2. The molecule has 0 aliphatic rings. The lowest BCUT2D eigenvalue weighted by molar-refractivity contribution is 0.103. The van der Waals surface area contributed by atoms with Gasteiger partial charge >= 0.3 is 0 Å². The molecule has 0 saturated carbocycles. The number of carbonyl (C=O) groups is 1. The van der Waals surface area contributed by atoms with Crippen molar-refractivity contribution in [2.75, 3.05) is 16.3 Å². The van der Waals surface area contributed by atoms with Crippen molar-refractivity contribution in [3.63, 3.8) is 0 Å². The molecule has 0 fully saturated rings. The van der Waals surface area contributed by atoms with Gasteiger partial charge in [0.05, 0.1) is 21.8 Å². The van der Waals surface area contributed by atoms with Gasteiger partial charge in [-0.05, 0) is 48.0 Å². The maximum atomic E-state index is 12.5. The van der Waals surface area contributed by atoms with Crippen molar-refractivity contribution >= 4 is 66.2 Å². The van der Waals surface area contributed by atoms with Crippen molar-refractivity contribution in [1.82, 2.24) is 0 Å². The second-order valence-corrected chi connectivity index (χ2v) is 9.85. The fraction of sp³-hybridized carbons (Fsp3) is 0.0556. The second kappa shape index (κ2) is 8.02. The van der Waals surface area contributed by atoms with Gasteiger partial charge in [0.25, 0.3) is 5.91 Å². The summed E-state index contributed by atoms with van der Waals surface area (Å²) in [6.07, 6.45) is 1.04. The predicted molar refractivity (Wildman–Crippen MR) is 115 cm³/mol. The van der Waals surface area contributed by atoms with Gasteiger partial charge in [0.15, 0.2) is 0 Å². The van der Waals surface area contributed by atoms with Crippen molar-refractivity contribution in [1.29, 1.82) is 0 Å². The Bertz CT molecular complexity index is 1100. The number of hydrogen-bond acceptors (Lipinski definition) is 4. The van der Waals surface area contributed by atoms with E-state index in [1.165, 1.54) is 23.5 Å². The fourth-order valence-electron chi connectivity index (χ4n) is 2.30. The van der Waals surface area contributed by atoms with Crippen LogP contribution in [0.5, 0.6) is 0 Å². The number of benzene rings is 2. The molecule has 0 atom stereocenters. The Morgan fingerprint density at radius 2 is 1.78 bits per heavy atom. The first-order valence-corrected chi connectivity index (χ1v) is 11.5. The molecule has 27 heavy (non-hydrogen) atoms. The average molecular weight is 486 g/mol. The van der Waals surface area contributed by atoms with Crippen molar-refractivity contribution in [2.45, 2.75) is 0 Å². The molecule has 1 heterocycles. The van der Waals surface area contributed by atoms with Gasteiger partial charge in [0, 0.05) is 15.0 Å². The van der Waals surface area contributed by atoms with E-state index in [0.717, 1.165) is 21.2 Å². The normalized spacial score (nSPS) is 11.2. The van der Waals surface area contributed by atoms with E-state index in [4.69, 9.17) is 11.6 Å². The van der Waals surface area contributed by atoms with Gasteiger partial charge in [-0.2, -0.15) is 0 Å². The van der Waals surface area contributed by atoms with Gasteiger partial charge in [-0.3, -0.25) is 9.52 Å². The lowest BCUT2D eigenvalue weighted by Crippen LogP contribution is -2.12. The van der Waals surface area contributed by atoms with Crippen LogP contribution < -0.4 is 10.0 Å². The van der Waals surface area contributed by atoms with Gasteiger partial charge in [-0.25, -0.2) is 8.42 Å². The van der Waals surface area contributed by atoms with Crippen molar-refractivity contribution in [3.8, 4) is 10.4 Å². The van der Waals surface area contributed by atoms with Crippen LogP contribution in [-0.2, 0) is 10.0 Å². The fourth-order valence-corrected chi connectivity index (χ4v) is 4.33. The summed E-state index contributed by atoms with van der Waals surface area (Å²) in [5.41, 5.74) is 1.76. The molecule has 1 aromatic heterocycles. The highest BCUT2D eigenvalue weighted by Crippen LogP contribution is 2.30. The Kier molecular flexibility index (Phi) is 5.90. The van der Waals surface area contributed by atoms with E-state index in [9.17, 15) is 13.2 Å². The van der Waals surface area contributed by atoms with E-state index in [0.29, 0.717) is 10.6 Å². The summed E-state index contributed by atoms with van der Waals surface area (Å²) < 4.78 is 25.9.